The molecule has 1 N–H and O–H groups in total. The highest BCUT2D eigenvalue weighted by Crippen LogP contribution is 2.19. The third-order valence-corrected chi connectivity index (χ3v) is 4.23. The molecule has 23 heavy (non-hydrogen) atoms. The summed E-state index contributed by atoms with van der Waals surface area (Å²) in [6.07, 6.45) is 2.01. The first-order chi connectivity index (χ1) is 11.2. The van der Waals surface area contributed by atoms with Crippen molar-refractivity contribution in [3.8, 4) is 5.75 Å². The lowest BCUT2D eigenvalue weighted by Gasteiger charge is -2.15. The van der Waals surface area contributed by atoms with Gasteiger partial charge in [-0.15, -0.1) is 0 Å². The van der Waals surface area contributed by atoms with Crippen molar-refractivity contribution in [2.45, 2.75) is 25.9 Å². The van der Waals surface area contributed by atoms with E-state index in [4.69, 9.17) is 9.47 Å². The maximum atomic E-state index is 12.2. The smallest absolute Gasteiger partial charge is 0.251 e. The highest BCUT2D eigenvalue weighted by molar-refractivity contribution is 7.07. The van der Waals surface area contributed by atoms with Crippen LogP contribution in [-0.4, -0.2) is 26.2 Å². The molecule has 0 saturated heterocycles. The van der Waals surface area contributed by atoms with Crippen molar-refractivity contribution in [1.82, 2.24) is 5.32 Å². The average Bonchev–Trinajstić information content (AvgIpc) is 3.10. The summed E-state index contributed by atoms with van der Waals surface area (Å²) >= 11 is 1.62. The molecule has 124 valence electrons. The van der Waals surface area contributed by atoms with Gasteiger partial charge in [0.2, 0.25) is 0 Å². The summed E-state index contributed by atoms with van der Waals surface area (Å²) in [6.45, 7) is 3.28. The third-order valence-electron chi connectivity index (χ3n) is 3.53. The number of carbonyl (C=O) groups excluding carboxylic acids is 1. The van der Waals surface area contributed by atoms with Crippen LogP contribution in [0.25, 0.3) is 0 Å². The van der Waals surface area contributed by atoms with Crippen molar-refractivity contribution < 1.29 is 14.3 Å². The Morgan fingerprint density at radius 1 is 1.26 bits per heavy atom. The standard InChI is InChI=1S/C18H23NO3S/c1-3-4-10-22-16-7-5-14(6-8-16)18(20)19-12-17(21-2)15-9-11-23-13-15/h5-9,11,13,17H,3-4,10,12H2,1-2H3,(H,19,20). The normalized spacial score (nSPS) is 11.9. The van der Waals surface area contributed by atoms with Crippen molar-refractivity contribution in [2.24, 2.45) is 0 Å². The molecule has 1 aromatic carbocycles. The molecule has 0 aliphatic rings. The molecule has 1 unspecified atom stereocenters. The molecule has 0 spiro atoms. The molecule has 4 nitrogen and oxygen atoms in total. The first-order valence-electron chi connectivity index (χ1n) is 7.80. The van der Waals surface area contributed by atoms with Crippen LogP contribution in [0.3, 0.4) is 0 Å². The minimum atomic E-state index is -0.123. The van der Waals surface area contributed by atoms with Gasteiger partial charge in [-0.05, 0) is 53.1 Å². The first-order valence-corrected chi connectivity index (χ1v) is 8.74. The molecule has 5 heteroatoms. The van der Waals surface area contributed by atoms with E-state index in [9.17, 15) is 4.79 Å². The number of rotatable bonds is 9. The van der Waals surface area contributed by atoms with Crippen LogP contribution in [0, 0.1) is 0 Å². The van der Waals surface area contributed by atoms with E-state index >= 15 is 0 Å². The van der Waals surface area contributed by atoms with Crippen LogP contribution in [0.2, 0.25) is 0 Å². The van der Waals surface area contributed by atoms with Crippen molar-refractivity contribution >= 4 is 17.2 Å². The van der Waals surface area contributed by atoms with Crippen molar-refractivity contribution in [1.29, 1.82) is 0 Å². The Hall–Kier alpha value is -1.85. The number of ether oxygens (including phenoxy) is 2. The first kappa shape index (κ1) is 17.5. The Bertz CT molecular complexity index is 581. The van der Waals surface area contributed by atoms with Crippen molar-refractivity contribution in [3.63, 3.8) is 0 Å². The Kier molecular flexibility index (Phi) is 7.10. The molecule has 0 aliphatic carbocycles. The second-order valence-electron chi connectivity index (χ2n) is 5.22. The van der Waals surface area contributed by atoms with Gasteiger partial charge in [-0.3, -0.25) is 4.79 Å². The van der Waals surface area contributed by atoms with Gasteiger partial charge in [0.15, 0.2) is 0 Å². The van der Waals surface area contributed by atoms with Gasteiger partial charge >= 0.3 is 0 Å². The van der Waals surface area contributed by atoms with Crippen molar-refractivity contribution in [2.75, 3.05) is 20.3 Å². The predicted molar refractivity (Wildman–Crippen MR) is 93.2 cm³/mol. The van der Waals surface area contributed by atoms with Crippen LogP contribution < -0.4 is 10.1 Å². The van der Waals surface area contributed by atoms with Gasteiger partial charge in [0.1, 0.15) is 11.9 Å². The van der Waals surface area contributed by atoms with Gasteiger partial charge < -0.3 is 14.8 Å². The maximum absolute atomic E-state index is 12.2. The molecule has 1 amide bonds. The zero-order valence-electron chi connectivity index (χ0n) is 13.6. The summed E-state index contributed by atoms with van der Waals surface area (Å²) in [7, 11) is 1.65. The molecule has 0 fully saturated rings. The number of unbranched alkanes of at least 4 members (excludes halogenated alkanes) is 1. The fourth-order valence-electron chi connectivity index (χ4n) is 2.12. The minimum Gasteiger partial charge on any atom is -0.494 e. The van der Waals surface area contributed by atoms with E-state index in [2.05, 4.69) is 12.2 Å². The number of hydrogen-bond donors (Lipinski definition) is 1. The summed E-state index contributed by atoms with van der Waals surface area (Å²) < 4.78 is 11.0. The van der Waals surface area contributed by atoms with Crippen LogP contribution in [0.1, 0.15) is 41.8 Å². The number of thiophene rings is 1. The molecule has 2 rings (SSSR count). The van der Waals surface area contributed by atoms with Crippen LogP contribution in [0.4, 0.5) is 0 Å². The number of hydrogen-bond acceptors (Lipinski definition) is 4. The molecule has 0 bridgehead atoms. The van der Waals surface area contributed by atoms with Crippen molar-refractivity contribution in [3.05, 3.63) is 52.2 Å². The zero-order chi connectivity index (χ0) is 16.5. The van der Waals surface area contributed by atoms with E-state index in [1.54, 1.807) is 30.6 Å². The van der Waals surface area contributed by atoms with E-state index in [1.807, 2.05) is 29.0 Å². The Morgan fingerprint density at radius 3 is 2.65 bits per heavy atom. The van der Waals surface area contributed by atoms with E-state index in [-0.39, 0.29) is 12.0 Å². The Balaban J connectivity index is 1.85. The summed E-state index contributed by atoms with van der Waals surface area (Å²) in [5, 5.41) is 6.94. The summed E-state index contributed by atoms with van der Waals surface area (Å²) in [4.78, 5) is 12.2. The molecular formula is C18H23NO3S. The highest BCUT2D eigenvalue weighted by atomic mass is 32.1. The number of benzene rings is 1. The Morgan fingerprint density at radius 2 is 2.04 bits per heavy atom. The van der Waals surface area contributed by atoms with E-state index < -0.39 is 0 Å². The lowest BCUT2D eigenvalue weighted by atomic mass is 10.1. The van der Waals surface area contributed by atoms with E-state index in [0.717, 1.165) is 24.2 Å². The van der Waals surface area contributed by atoms with Gasteiger partial charge in [0, 0.05) is 19.2 Å². The monoisotopic (exact) mass is 333 g/mol. The van der Waals surface area contributed by atoms with Gasteiger partial charge in [-0.25, -0.2) is 0 Å². The predicted octanol–water partition coefficient (Wildman–Crippen LogP) is 4.04. The van der Waals surface area contributed by atoms with Gasteiger partial charge in [-0.1, -0.05) is 13.3 Å². The van der Waals surface area contributed by atoms with Crippen LogP contribution in [0.5, 0.6) is 5.75 Å². The van der Waals surface area contributed by atoms with Crippen LogP contribution in [-0.2, 0) is 4.74 Å². The molecule has 1 aromatic heterocycles. The molecular weight excluding hydrogens is 310 g/mol. The molecule has 1 heterocycles. The Labute approximate surface area is 141 Å². The number of nitrogens with one attached hydrogen (secondary N) is 1. The van der Waals surface area contributed by atoms with E-state index in [1.165, 1.54) is 0 Å². The minimum absolute atomic E-state index is 0.109. The molecule has 0 aliphatic heterocycles. The zero-order valence-corrected chi connectivity index (χ0v) is 14.4. The topological polar surface area (TPSA) is 47.6 Å². The SMILES string of the molecule is CCCCOc1ccc(C(=O)NCC(OC)c2ccsc2)cc1. The molecule has 0 saturated carbocycles. The quantitative estimate of drug-likeness (QED) is 0.704. The third kappa shape index (κ3) is 5.37. The largest absolute Gasteiger partial charge is 0.494 e. The summed E-state index contributed by atoms with van der Waals surface area (Å²) in [6, 6.07) is 9.23. The average molecular weight is 333 g/mol. The lowest BCUT2D eigenvalue weighted by molar-refractivity contribution is 0.0829. The maximum Gasteiger partial charge on any atom is 0.251 e. The second-order valence-corrected chi connectivity index (χ2v) is 6.00. The van der Waals surface area contributed by atoms with Gasteiger partial charge in [-0.2, -0.15) is 11.3 Å². The number of amides is 1. The van der Waals surface area contributed by atoms with Crippen LogP contribution in [0.15, 0.2) is 41.1 Å². The summed E-state index contributed by atoms with van der Waals surface area (Å²) in [5.41, 5.74) is 1.70. The van der Waals surface area contributed by atoms with Gasteiger partial charge in [0.25, 0.3) is 5.91 Å². The van der Waals surface area contributed by atoms with Gasteiger partial charge in [0.05, 0.1) is 6.61 Å². The number of methoxy groups -OCH3 is 1. The summed E-state index contributed by atoms with van der Waals surface area (Å²) in [5.74, 6) is 0.686. The fourth-order valence-corrected chi connectivity index (χ4v) is 2.82. The lowest BCUT2D eigenvalue weighted by Crippen LogP contribution is -2.28. The van der Waals surface area contributed by atoms with E-state index in [0.29, 0.717) is 18.7 Å². The molecule has 2 aromatic rings. The highest BCUT2D eigenvalue weighted by Gasteiger charge is 2.13. The molecule has 1 atom stereocenters. The number of carbonyl (C=O) groups is 1. The second kappa shape index (κ2) is 9.33. The molecule has 0 radical (unpaired) electrons. The van der Waals surface area contributed by atoms with Crippen LogP contribution >= 0.6 is 11.3 Å². The fraction of sp³-hybridized carbons (Fsp3) is 0.389.